The van der Waals surface area contributed by atoms with Crippen molar-refractivity contribution in [3.63, 3.8) is 0 Å². The van der Waals surface area contributed by atoms with Crippen molar-refractivity contribution in [1.29, 1.82) is 0 Å². The van der Waals surface area contributed by atoms with Gasteiger partial charge in [-0.25, -0.2) is 0 Å². The zero-order valence-corrected chi connectivity index (χ0v) is 8.06. The van der Waals surface area contributed by atoms with Gasteiger partial charge >= 0.3 is 0 Å². The Morgan fingerprint density at radius 1 is 1.29 bits per heavy atom. The Kier molecular flexibility index (Phi) is 2.95. The minimum Gasteiger partial charge on any atom is -0.286 e. The van der Waals surface area contributed by atoms with Crippen LogP contribution in [0.15, 0.2) is 30.7 Å². The van der Waals surface area contributed by atoms with Crippen LogP contribution in [-0.2, 0) is 13.0 Å². The molecule has 0 unspecified atom stereocenters. The summed E-state index contributed by atoms with van der Waals surface area (Å²) >= 11 is 0. The summed E-state index contributed by atoms with van der Waals surface area (Å²) in [5, 5.41) is 10.4. The third-order valence-corrected chi connectivity index (χ3v) is 2.26. The summed E-state index contributed by atoms with van der Waals surface area (Å²) in [5.41, 5.74) is 1.40. The van der Waals surface area contributed by atoms with Crippen molar-refractivity contribution in [2.75, 3.05) is 0 Å². The first-order valence-electron chi connectivity index (χ1n) is 4.91. The molecule has 2 aromatic rings. The molecular weight excluding hydrogens is 176 g/mol. The highest BCUT2D eigenvalue weighted by Gasteiger charge is 2.06. The SMILES string of the molecule is c1cc2n(n1)CCCC2.c1cn[nH]c1. The zero-order chi connectivity index (χ0) is 9.64. The van der Waals surface area contributed by atoms with Crippen LogP contribution in [0.5, 0.6) is 0 Å². The number of aromatic amines is 1. The van der Waals surface area contributed by atoms with E-state index in [1.54, 1.807) is 12.4 Å². The molecule has 0 fully saturated rings. The van der Waals surface area contributed by atoms with Crippen molar-refractivity contribution in [1.82, 2.24) is 20.0 Å². The van der Waals surface area contributed by atoms with Gasteiger partial charge in [0.2, 0.25) is 0 Å². The molecule has 0 spiro atoms. The lowest BCUT2D eigenvalue weighted by atomic mass is 10.1. The fourth-order valence-corrected chi connectivity index (χ4v) is 1.56. The molecule has 1 aliphatic heterocycles. The monoisotopic (exact) mass is 190 g/mol. The molecule has 4 nitrogen and oxygen atoms in total. The first kappa shape index (κ1) is 8.99. The van der Waals surface area contributed by atoms with E-state index >= 15 is 0 Å². The van der Waals surface area contributed by atoms with E-state index in [-0.39, 0.29) is 0 Å². The number of aromatic nitrogens is 4. The zero-order valence-electron chi connectivity index (χ0n) is 8.06. The third kappa shape index (κ3) is 2.22. The molecule has 1 aliphatic rings. The maximum Gasteiger partial charge on any atom is 0.0492 e. The van der Waals surface area contributed by atoms with Crippen LogP contribution >= 0.6 is 0 Å². The maximum atomic E-state index is 4.17. The van der Waals surface area contributed by atoms with Gasteiger partial charge in [0, 0.05) is 30.8 Å². The highest BCUT2D eigenvalue weighted by Crippen LogP contribution is 2.11. The normalized spacial score (nSPS) is 14.0. The molecule has 3 heterocycles. The van der Waals surface area contributed by atoms with Crippen LogP contribution in [0.4, 0.5) is 0 Å². The molecular formula is C10H14N4. The van der Waals surface area contributed by atoms with Crippen LogP contribution in [0.3, 0.4) is 0 Å². The Labute approximate surface area is 83.0 Å². The summed E-state index contributed by atoms with van der Waals surface area (Å²) < 4.78 is 2.10. The molecule has 14 heavy (non-hydrogen) atoms. The molecule has 0 atom stereocenters. The second-order valence-electron chi connectivity index (χ2n) is 3.27. The predicted molar refractivity (Wildman–Crippen MR) is 53.8 cm³/mol. The molecule has 0 aromatic carbocycles. The molecule has 74 valence electrons. The van der Waals surface area contributed by atoms with E-state index in [1.165, 1.54) is 25.0 Å². The summed E-state index contributed by atoms with van der Waals surface area (Å²) in [6.45, 7) is 1.13. The number of hydrogen-bond acceptors (Lipinski definition) is 2. The van der Waals surface area contributed by atoms with E-state index < -0.39 is 0 Å². The Balaban J connectivity index is 0.000000128. The van der Waals surface area contributed by atoms with Crippen molar-refractivity contribution in [2.45, 2.75) is 25.8 Å². The lowest BCUT2D eigenvalue weighted by molar-refractivity contribution is 0.486. The smallest absolute Gasteiger partial charge is 0.0492 e. The largest absolute Gasteiger partial charge is 0.286 e. The summed E-state index contributed by atoms with van der Waals surface area (Å²) in [6.07, 6.45) is 9.21. The van der Waals surface area contributed by atoms with Crippen LogP contribution in [0.2, 0.25) is 0 Å². The van der Waals surface area contributed by atoms with Gasteiger partial charge in [0.1, 0.15) is 0 Å². The van der Waals surface area contributed by atoms with Gasteiger partial charge in [0.15, 0.2) is 0 Å². The topological polar surface area (TPSA) is 46.5 Å². The average Bonchev–Trinajstić information content (AvgIpc) is 2.92. The van der Waals surface area contributed by atoms with Gasteiger partial charge in [0.25, 0.3) is 0 Å². The standard InChI is InChI=1S/C7H10N2.C3H4N2/c1-2-6-9-7(3-1)4-5-8-9;1-2-4-5-3-1/h4-5H,1-3,6H2;1-3H,(H,4,5). The van der Waals surface area contributed by atoms with E-state index in [2.05, 4.69) is 26.0 Å². The summed E-state index contributed by atoms with van der Waals surface area (Å²) in [5.74, 6) is 0. The van der Waals surface area contributed by atoms with Crippen molar-refractivity contribution in [3.05, 3.63) is 36.4 Å². The van der Waals surface area contributed by atoms with E-state index in [0.29, 0.717) is 0 Å². The number of aryl methyl sites for hydroxylation is 2. The van der Waals surface area contributed by atoms with E-state index in [4.69, 9.17) is 0 Å². The second-order valence-corrected chi connectivity index (χ2v) is 3.27. The Bertz CT molecular complexity index is 312. The van der Waals surface area contributed by atoms with Gasteiger partial charge in [-0.3, -0.25) is 9.78 Å². The summed E-state index contributed by atoms with van der Waals surface area (Å²) in [6, 6.07) is 3.94. The molecule has 1 N–H and O–H groups in total. The van der Waals surface area contributed by atoms with Crippen LogP contribution in [0, 0.1) is 0 Å². The first-order valence-corrected chi connectivity index (χ1v) is 4.91. The van der Waals surface area contributed by atoms with Gasteiger partial charge in [0.05, 0.1) is 0 Å². The lowest BCUT2D eigenvalue weighted by Gasteiger charge is -2.11. The van der Waals surface area contributed by atoms with E-state index in [1.807, 2.05) is 12.3 Å². The van der Waals surface area contributed by atoms with E-state index in [9.17, 15) is 0 Å². The summed E-state index contributed by atoms with van der Waals surface area (Å²) in [7, 11) is 0. The highest BCUT2D eigenvalue weighted by atomic mass is 15.3. The number of hydrogen-bond donors (Lipinski definition) is 1. The lowest BCUT2D eigenvalue weighted by Crippen LogP contribution is -2.10. The minimum absolute atomic E-state index is 1.13. The summed E-state index contributed by atoms with van der Waals surface area (Å²) in [4.78, 5) is 0. The molecule has 0 aliphatic carbocycles. The van der Waals surface area contributed by atoms with Gasteiger partial charge < -0.3 is 0 Å². The van der Waals surface area contributed by atoms with Gasteiger partial charge in [-0.15, -0.1) is 0 Å². The van der Waals surface area contributed by atoms with Gasteiger partial charge in [-0.1, -0.05) is 0 Å². The van der Waals surface area contributed by atoms with Crippen molar-refractivity contribution in [2.24, 2.45) is 0 Å². The predicted octanol–water partition coefficient (Wildman–Crippen LogP) is 1.63. The third-order valence-electron chi connectivity index (χ3n) is 2.26. The number of fused-ring (bicyclic) bond motifs is 1. The number of nitrogens with one attached hydrogen (secondary N) is 1. The Morgan fingerprint density at radius 3 is 2.93 bits per heavy atom. The minimum atomic E-state index is 1.13. The van der Waals surface area contributed by atoms with Gasteiger partial charge in [-0.2, -0.15) is 10.2 Å². The quantitative estimate of drug-likeness (QED) is 0.686. The highest BCUT2D eigenvalue weighted by molar-refractivity contribution is 5.02. The maximum absolute atomic E-state index is 4.17. The Hall–Kier alpha value is -1.58. The fraction of sp³-hybridized carbons (Fsp3) is 0.400. The van der Waals surface area contributed by atoms with Gasteiger partial charge in [-0.05, 0) is 31.4 Å². The number of rotatable bonds is 0. The first-order chi connectivity index (χ1) is 6.97. The molecule has 0 amide bonds. The van der Waals surface area contributed by atoms with Crippen molar-refractivity contribution >= 4 is 0 Å². The molecule has 3 rings (SSSR count). The van der Waals surface area contributed by atoms with Crippen molar-refractivity contribution < 1.29 is 0 Å². The Morgan fingerprint density at radius 2 is 2.29 bits per heavy atom. The molecule has 0 saturated heterocycles. The second kappa shape index (κ2) is 4.60. The van der Waals surface area contributed by atoms with E-state index in [0.717, 1.165) is 6.54 Å². The van der Waals surface area contributed by atoms with Crippen molar-refractivity contribution in [3.8, 4) is 0 Å². The fourth-order valence-electron chi connectivity index (χ4n) is 1.56. The molecule has 0 radical (unpaired) electrons. The molecule has 2 aromatic heterocycles. The number of nitrogens with zero attached hydrogens (tertiary/aromatic N) is 3. The van der Waals surface area contributed by atoms with Crippen LogP contribution in [0.25, 0.3) is 0 Å². The van der Waals surface area contributed by atoms with Crippen LogP contribution in [-0.4, -0.2) is 20.0 Å². The van der Waals surface area contributed by atoms with Crippen LogP contribution < -0.4 is 0 Å². The molecule has 0 bridgehead atoms. The molecule has 0 saturated carbocycles. The average molecular weight is 190 g/mol. The van der Waals surface area contributed by atoms with Crippen LogP contribution in [0.1, 0.15) is 18.5 Å². The number of H-pyrrole nitrogens is 1. The molecule has 4 heteroatoms.